The van der Waals surface area contributed by atoms with Crippen molar-refractivity contribution in [3.05, 3.63) is 65.7 Å². The summed E-state index contributed by atoms with van der Waals surface area (Å²) in [6, 6.07) is 17.8. The van der Waals surface area contributed by atoms with E-state index in [9.17, 15) is 0 Å². The van der Waals surface area contributed by atoms with Crippen molar-refractivity contribution in [2.75, 3.05) is 12.5 Å². The number of benzene rings is 2. The van der Waals surface area contributed by atoms with Crippen LogP contribution in [0.1, 0.15) is 11.1 Å². The first-order valence-electron chi connectivity index (χ1n) is 7.36. The number of methoxy groups -OCH3 is 1. The molecule has 0 aliphatic heterocycles. The summed E-state index contributed by atoms with van der Waals surface area (Å²) in [6.07, 6.45) is 1.73. The van der Waals surface area contributed by atoms with E-state index in [0.29, 0.717) is 11.1 Å². The monoisotopic (exact) mass is 339 g/mol. The average molecular weight is 339 g/mol. The molecule has 0 atom stereocenters. The van der Waals surface area contributed by atoms with Crippen molar-refractivity contribution in [3.63, 3.8) is 0 Å². The Bertz CT molecular complexity index is 786. The molecule has 0 spiro atoms. The lowest BCUT2D eigenvalue weighted by molar-refractivity contribution is 0.414. The second-order valence-electron chi connectivity index (χ2n) is 4.88. The highest BCUT2D eigenvalue weighted by Crippen LogP contribution is 2.21. The Morgan fingerprint density at radius 1 is 1.17 bits per heavy atom. The van der Waals surface area contributed by atoms with Gasteiger partial charge in [-0.3, -0.25) is 0 Å². The average Bonchev–Trinajstić information content (AvgIpc) is 3.09. The molecule has 24 heavy (non-hydrogen) atoms. The first kappa shape index (κ1) is 16.1. The van der Waals surface area contributed by atoms with E-state index in [4.69, 9.17) is 4.74 Å². The van der Waals surface area contributed by atoms with E-state index < -0.39 is 0 Å². The Kier molecular flexibility index (Phi) is 5.47. The number of anilines is 1. The molecule has 0 radical (unpaired) electrons. The van der Waals surface area contributed by atoms with Gasteiger partial charge in [0.25, 0.3) is 0 Å². The van der Waals surface area contributed by atoms with E-state index in [1.807, 2.05) is 54.6 Å². The zero-order valence-corrected chi connectivity index (χ0v) is 14.0. The number of ether oxygens (including phenoxy) is 1. The zero-order valence-electron chi connectivity index (χ0n) is 13.1. The standard InChI is InChI=1S/C17H17N5OS/c1-23-15-9-7-14(8-10-15)12-24-17-19-16(21-22-17)20-18-11-13-5-3-2-4-6-13/h2-11H,12H2,1H3,(H2,19,20,21,22)/b18-11-. The fourth-order valence-electron chi connectivity index (χ4n) is 1.94. The summed E-state index contributed by atoms with van der Waals surface area (Å²) in [4.78, 5) is 4.34. The lowest BCUT2D eigenvalue weighted by atomic mass is 10.2. The Balaban J connectivity index is 1.50. The minimum atomic E-state index is 0.513. The van der Waals surface area contributed by atoms with Gasteiger partial charge in [0.15, 0.2) is 0 Å². The normalized spacial score (nSPS) is 10.9. The van der Waals surface area contributed by atoms with Gasteiger partial charge in [-0.1, -0.05) is 54.2 Å². The van der Waals surface area contributed by atoms with Crippen LogP contribution in [0.25, 0.3) is 0 Å². The molecule has 0 aliphatic rings. The van der Waals surface area contributed by atoms with Gasteiger partial charge >= 0.3 is 0 Å². The third-order valence-electron chi connectivity index (χ3n) is 3.18. The van der Waals surface area contributed by atoms with Crippen LogP contribution in [0.4, 0.5) is 5.95 Å². The van der Waals surface area contributed by atoms with Crippen molar-refractivity contribution in [1.29, 1.82) is 0 Å². The molecule has 0 fully saturated rings. The number of aromatic nitrogens is 3. The molecule has 0 unspecified atom stereocenters. The van der Waals surface area contributed by atoms with Crippen molar-refractivity contribution < 1.29 is 4.74 Å². The fraction of sp³-hybridized carbons (Fsp3) is 0.118. The van der Waals surface area contributed by atoms with Crippen LogP contribution in [0.3, 0.4) is 0 Å². The molecule has 1 heterocycles. The minimum Gasteiger partial charge on any atom is -0.497 e. The molecule has 7 heteroatoms. The molecule has 0 bridgehead atoms. The molecule has 0 saturated heterocycles. The van der Waals surface area contributed by atoms with Crippen molar-refractivity contribution in [2.45, 2.75) is 10.9 Å². The zero-order chi connectivity index (χ0) is 16.6. The largest absolute Gasteiger partial charge is 0.497 e. The molecular weight excluding hydrogens is 322 g/mol. The second kappa shape index (κ2) is 8.16. The Labute approximate surface area is 144 Å². The third kappa shape index (κ3) is 4.60. The number of thioether (sulfide) groups is 1. The molecule has 2 N–H and O–H groups in total. The first-order chi connectivity index (χ1) is 11.8. The van der Waals surface area contributed by atoms with Gasteiger partial charge in [-0.2, -0.15) is 10.1 Å². The molecule has 0 amide bonds. The minimum absolute atomic E-state index is 0.513. The Morgan fingerprint density at radius 3 is 2.71 bits per heavy atom. The Morgan fingerprint density at radius 2 is 1.96 bits per heavy atom. The van der Waals surface area contributed by atoms with Crippen LogP contribution >= 0.6 is 11.8 Å². The number of nitrogens with zero attached hydrogens (tertiary/aromatic N) is 3. The van der Waals surface area contributed by atoms with E-state index in [1.54, 1.807) is 25.1 Å². The predicted octanol–water partition coefficient (Wildman–Crippen LogP) is 3.55. The van der Waals surface area contributed by atoms with E-state index >= 15 is 0 Å². The van der Waals surface area contributed by atoms with Crippen LogP contribution in [-0.4, -0.2) is 28.5 Å². The maximum atomic E-state index is 5.15. The summed E-state index contributed by atoms with van der Waals surface area (Å²) in [5.41, 5.74) is 5.03. The summed E-state index contributed by atoms with van der Waals surface area (Å²) in [6.45, 7) is 0. The molecule has 6 nitrogen and oxygen atoms in total. The maximum Gasteiger partial charge on any atom is 0.240 e. The molecule has 0 aliphatic carbocycles. The summed E-state index contributed by atoms with van der Waals surface area (Å²) in [7, 11) is 1.66. The highest BCUT2D eigenvalue weighted by atomic mass is 32.2. The quantitative estimate of drug-likeness (QED) is 0.391. The maximum absolute atomic E-state index is 5.15. The van der Waals surface area contributed by atoms with Gasteiger partial charge in [0, 0.05) is 5.75 Å². The third-order valence-corrected chi connectivity index (χ3v) is 4.09. The highest BCUT2D eigenvalue weighted by molar-refractivity contribution is 7.98. The molecule has 1 aromatic heterocycles. The summed E-state index contributed by atoms with van der Waals surface area (Å²) in [5, 5.41) is 11.8. The van der Waals surface area contributed by atoms with Crippen LogP contribution in [0, 0.1) is 0 Å². The Hall–Kier alpha value is -2.80. The van der Waals surface area contributed by atoms with Crippen molar-refractivity contribution >= 4 is 23.9 Å². The first-order valence-corrected chi connectivity index (χ1v) is 8.34. The highest BCUT2D eigenvalue weighted by Gasteiger charge is 2.04. The number of hydrazone groups is 1. The van der Waals surface area contributed by atoms with Gasteiger partial charge in [0.2, 0.25) is 11.1 Å². The molecule has 2 aromatic carbocycles. The number of hydrogen-bond donors (Lipinski definition) is 2. The summed E-state index contributed by atoms with van der Waals surface area (Å²) < 4.78 is 5.15. The summed E-state index contributed by atoms with van der Waals surface area (Å²) >= 11 is 1.55. The fourth-order valence-corrected chi connectivity index (χ4v) is 2.69. The van der Waals surface area contributed by atoms with Gasteiger partial charge in [-0.05, 0) is 23.3 Å². The van der Waals surface area contributed by atoms with E-state index in [-0.39, 0.29) is 0 Å². The van der Waals surface area contributed by atoms with E-state index in [2.05, 4.69) is 25.7 Å². The van der Waals surface area contributed by atoms with Crippen LogP contribution in [0.15, 0.2) is 64.9 Å². The van der Waals surface area contributed by atoms with Crippen LogP contribution < -0.4 is 10.2 Å². The lowest BCUT2D eigenvalue weighted by Crippen LogP contribution is -1.92. The van der Waals surface area contributed by atoms with Crippen LogP contribution in [0.2, 0.25) is 0 Å². The second-order valence-corrected chi connectivity index (χ2v) is 5.83. The van der Waals surface area contributed by atoms with Gasteiger partial charge < -0.3 is 4.74 Å². The van der Waals surface area contributed by atoms with Gasteiger partial charge in [-0.25, -0.2) is 10.5 Å². The van der Waals surface area contributed by atoms with Crippen molar-refractivity contribution in [1.82, 2.24) is 15.2 Å². The number of aromatic amines is 1. The molecule has 0 saturated carbocycles. The van der Waals surface area contributed by atoms with Gasteiger partial charge in [0.05, 0.1) is 13.3 Å². The van der Waals surface area contributed by atoms with Crippen molar-refractivity contribution in [2.24, 2.45) is 5.10 Å². The molecule has 3 rings (SSSR count). The predicted molar refractivity (Wildman–Crippen MR) is 96.6 cm³/mol. The van der Waals surface area contributed by atoms with Crippen molar-refractivity contribution in [3.8, 4) is 5.75 Å². The molecular formula is C17H17N5OS. The van der Waals surface area contributed by atoms with Gasteiger partial charge in [-0.15, -0.1) is 5.10 Å². The molecule has 3 aromatic rings. The number of nitrogens with one attached hydrogen (secondary N) is 2. The number of H-pyrrole nitrogens is 1. The summed E-state index contributed by atoms with van der Waals surface area (Å²) in [5.74, 6) is 2.15. The van der Waals surface area contributed by atoms with Crippen LogP contribution in [0.5, 0.6) is 5.75 Å². The van der Waals surface area contributed by atoms with Gasteiger partial charge in [0.1, 0.15) is 5.75 Å². The number of rotatable bonds is 7. The van der Waals surface area contributed by atoms with E-state index in [1.165, 1.54) is 5.56 Å². The topological polar surface area (TPSA) is 75.2 Å². The van der Waals surface area contributed by atoms with Crippen LogP contribution in [-0.2, 0) is 5.75 Å². The smallest absolute Gasteiger partial charge is 0.240 e. The number of hydrogen-bond acceptors (Lipinski definition) is 6. The SMILES string of the molecule is COc1ccc(CSc2n[nH]c(N/N=C\c3ccccc3)n2)cc1. The van der Waals surface area contributed by atoms with E-state index in [0.717, 1.165) is 17.1 Å². The molecule has 122 valence electrons. The lowest BCUT2D eigenvalue weighted by Gasteiger charge is -2.01.